The molecule has 2 bridgehead atoms. The van der Waals surface area contributed by atoms with E-state index in [2.05, 4.69) is 15.4 Å². The predicted molar refractivity (Wildman–Crippen MR) is 104 cm³/mol. The Bertz CT molecular complexity index is 1120. The summed E-state index contributed by atoms with van der Waals surface area (Å²) in [6.07, 6.45) is 1.85. The fraction of sp³-hybridized carbons (Fsp3) is 0.350. The van der Waals surface area contributed by atoms with Crippen molar-refractivity contribution in [3.8, 4) is 5.75 Å². The van der Waals surface area contributed by atoms with Crippen molar-refractivity contribution in [1.82, 2.24) is 19.9 Å². The van der Waals surface area contributed by atoms with Crippen LogP contribution in [0.4, 0.5) is 10.2 Å². The number of benzene rings is 1. The zero-order valence-corrected chi connectivity index (χ0v) is 15.9. The summed E-state index contributed by atoms with van der Waals surface area (Å²) >= 11 is 0. The van der Waals surface area contributed by atoms with E-state index < -0.39 is 23.9 Å². The molecule has 1 amide bonds. The minimum Gasteiger partial charge on any atom is -0.490 e. The Morgan fingerprint density at radius 1 is 1.23 bits per heavy atom. The number of carbonyl (C=O) groups excluding carboxylic acids is 1. The van der Waals surface area contributed by atoms with Gasteiger partial charge in [-0.05, 0) is 30.7 Å². The number of hydrogen-bond acceptors (Lipinski definition) is 7. The second-order valence-electron chi connectivity index (χ2n) is 7.53. The number of ether oxygens (including phenoxy) is 1. The molecule has 2 aromatic heterocycles. The van der Waals surface area contributed by atoms with Crippen molar-refractivity contribution >= 4 is 17.4 Å². The van der Waals surface area contributed by atoms with Gasteiger partial charge in [-0.3, -0.25) is 4.79 Å². The number of amides is 1. The molecule has 0 unspecified atom stereocenters. The van der Waals surface area contributed by atoms with Gasteiger partial charge in [0.1, 0.15) is 35.7 Å². The molecule has 0 spiro atoms. The van der Waals surface area contributed by atoms with E-state index in [1.807, 2.05) is 4.90 Å². The number of anilines is 1. The van der Waals surface area contributed by atoms with Gasteiger partial charge in [0.15, 0.2) is 5.65 Å². The molecule has 30 heavy (non-hydrogen) atoms. The van der Waals surface area contributed by atoms with Gasteiger partial charge in [-0.15, -0.1) is 0 Å². The van der Waals surface area contributed by atoms with E-state index in [0.717, 1.165) is 0 Å². The number of aliphatic hydroxyl groups excluding tert-OH is 2. The zero-order valence-electron chi connectivity index (χ0n) is 15.9. The van der Waals surface area contributed by atoms with Gasteiger partial charge in [0.2, 0.25) is 0 Å². The number of nitrogens with one attached hydrogen (secondary N) is 1. The third-order valence-electron chi connectivity index (χ3n) is 5.43. The quantitative estimate of drug-likeness (QED) is 0.496. The number of nitrogens with zero attached hydrogens (tertiary/aromatic N) is 4. The van der Waals surface area contributed by atoms with Gasteiger partial charge in [-0.25, -0.2) is 13.9 Å². The second-order valence-corrected chi connectivity index (χ2v) is 7.53. The van der Waals surface area contributed by atoms with Crippen LogP contribution in [0.25, 0.3) is 5.65 Å². The van der Waals surface area contributed by atoms with Gasteiger partial charge in [-0.1, -0.05) is 0 Å². The molecule has 5 rings (SSSR count). The van der Waals surface area contributed by atoms with Crippen LogP contribution in [0.15, 0.2) is 36.7 Å². The summed E-state index contributed by atoms with van der Waals surface area (Å²) in [5, 5.41) is 27.4. The maximum atomic E-state index is 14.1. The monoisotopic (exact) mass is 413 g/mol. The molecule has 0 radical (unpaired) electrons. The Balaban J connectivity index is 1.67. The summed E-state index contributed by atoms with van der Waals surface area (Å²) in [6.45, 7) is 0.184. The molecule has 156 valence electrons. The molecule has 3 N–H and O–H groups in total. The molecule has 1 fully saturated rings. The summed E-state index contributed by atoms with van der Waals surface area (Å²) < 4.78 is 21.4. The van der Waals surface area contributed by atoms with Gasteiger partial charge < -0.3 is 25.2 Å². The highest BCUT2D eigenvalue weighted by Crippen LogP contribution is 2.40. The van der Waals surface area contributed by atoms with Crippen LogP contribution >= 0.6 is 0 Å². The van der Waals surface area contributed by atoms with Gasteiger partial charge in [0.25, 0.3) is 5.91 Å². The molecular weight excluding hydrogens is 393 g/mol. The van der Waals surface area contributed by atoms with Crippen LogP contribution in [0.1, 0.15) is 28.4 Å². The number of fused-ring (bicyclic) bond motifs is 5. The Morgan fingerprint density at radius 2 is 2.10 bits per heavy atom. The van der Waals surface area contributed by atoms with Crippen molar-refractivity contribution < 1.29 is 24.1 Å². The summed E-state index contributed by atoms with van der Waals surface area (Å²) in [5.74, 6) is 0.111. The molecule has 3 aromatic rings. The molecule has 4 heterocycles. The van der Waals surface area contributed by atoms with Crippen LogP contribution in [0.5, 0.6) is 5.75 Å². The summed E-state index contributed by atoms with van der Waals surface area (Å²) in [4.78, 5) is 19.0. The highest BCUT2D eigenvalue weighted by atomic mass is 19.1. The number of halogens is 1. The predicted octanol–water partition coefficient (Wildman–Crippen LogP) is 0.664. The lowest BCUT2D eigenvalue weighted by Gasteiger charge is -2.28. The van der Waals surface area contributed by atoms with Crippen LogP contribution in [0.3, 0.4) is 0 Å². The van der Waals surface area contributed by atoms with Crippen LogP contribution in [0, 0.1) is 5.82 Å². The van der Waals surface area contributed by atoms with Gasteiger partial charge in [0.05, 0.1) is 18.3 Å². The fourth-order valence-corrected chi connectivity index (χ4v) is 4.00. The Kier molecular flexibility index (Phi) is 4.52. The number of rotatable bonds is 0. The molecule has 1 aromatic carbocycles. The standard InChI is InChI=1S/C20H20FN5O4/c21-11-1-2-17-14(5-11)16-6-12(27)9-25(16)18-3-4-26-19(24-18)15(8-23-26)20(29)22-7-13(28)10-30-17/h1-5,8,12-13,16,27-28H,6-7,9-10H2,(H,22,29)/t12-,13-,16-/m1/s1. The van der Waals surface area contributed by atoms with Crippen LogP contribution in [-0.4, -0.2) is 62.6 Å². The number of aliphatic hydroxyl groups is 2. The van der Waals surface area contributed by atoms with Gasteiger partial charge in [-0.2, -0.15) is 5.10 Å². The second kappa shape index (κ2) is 7.22. The van der Waals surface area contributed by atoms with E-state index in [1.54, 1.807) is 12.3 Å². The molecule has 0 saturated carbocycles. The first-order chi connectivity index (χ1) is 14.5. The Labute approximate surface area is 170 Å². The average molecular weight is 413 g/mol. The maximum absolute atomic E-state index is 14.1. The van der Waals surface area contributed by atoms with Crippen LogP contribution in [-0.2, 0) is 0 Å². The molecule has 0 aliphatic carbocycles. The smallest absolute Gasteiger partial charge is 0.256 e. The lowest BCUT2D eigenvalue weighted by Crippen LogP contribution is -2.35. The van der Waals surface area contributed by atoms with Crippen molar-refractivity contribution in [2.75, 3.05) is 24.6 Å². The highest BCUT2D eigenvalue weighted by Gasteiger charge is 2.35. The maximum Gasteiger partial charge on any atom is 0.256 e. The summed E-state index contributed by atoms with van der Waals surface area (Å²) in [5.41, 5.74) is 1.19. The molecule has 10 heteroatoms. The normalized spacial score (nSPS) is 24.2. The van der Waals surface area contributed by atoms with E-state index in [9.17, 15) is 19.4 Å². The Hall–Kier alpha value is -3.24. The van der Waals surface area contributed by atoms with E-state index in [4.69, 9.17) is 4.74 Å². The average Bonchev–Trinajstić information content (AvgIpc) is 3.33. The van der Waals surface area contributed by atoms with E-state index in [1.165, 1.54) is 28.9 Å². The molecular formula is C20H20FN5O4. The van der Waals surface area contributed by atoms with Crippen molar-refractivity contribution in [3.63, 3.8) is 0 Å². The fourth-order valence-electron chi connectivity index (χ4n) is 4.00. The lowest BCUT2D eigenvalue weighted by molar-refractivity contribution is 0.0842. The Morgan fingerprint density at radius 3 is 2.97 bits per heavy atom. The van der Waals surface area contributed by atoms with Gasteiger partial charge >= 0.3 is 0 Å². The third kappa shape index (κ3) is 3.23. The number of β-amino-alcohol motifs (C(OH)–C–C–N with tert-alkyl or cyclic N) is 1. The first-order valence-corrected chi connectivity index (χ1v) is 9.67. The number of carbonyl (C=O) groups is 1. The van der Waals surface area contributed by atoms with Crippen molar-refractivity contribution in [2.45, 2.75) is 24.7 Å². The molecule has 9 nitrogen and oxygen atoms in total. The first-order valence-electron chi connectivity index (χ1n) is 9.67. The minimum absolute atomic E-state index is 0.0271. The molecule has 2 aliphatic heterocycles. The molecule has 1 saturated heterocycles. The summed E-state index contributed by atoms with van der Waals surface area (Å²) in [6, 6.07) is 5.53. The molecule has 3 atom stereocenters. The van der Waals surface area contributed by atoms with Crippen molar-refractivity contribution in [3.05, 3.63) is 53.6 Å². The van der Waals surface area contributed by atoms with E-state index in [-0.39, 0.29) is 24.8 Å². The topological polar surface area (TPSA) is 112 Å². The van der Waals surface area contributed by atoms with E-state index in [0.29, 0.717) is 35.7 Å². The zero-order chi connectivity index (χ0) is 20.8. The SMILES string of the molecule is O=C1NC[C@@H](O)COc2ccc(F)cc2[C@H]2C[C@@H](O)CN2c2ccn3ncc1c3n2. The largest absolute Gasteiger partial charge is 0.490 e. The van der Waals surface area contributed by atoms with Crippen molar-refractivity contribution in [2.24, 2.45) is 0 Å². The number of hydrogen-bond donors (Lipinski definition) is 3. The van der Waals surface area contributed by atoms with Crippen LogP contribution in [0.2, 0.25) is 0 Å². The minimum atomic E-state index is -0.967. The number of aromatic nitrogens is 3. The lowest BCUT2D eigenvalue weighted by atomic mass is 10.0. The van der Waals surface area contributed by atoms with E-state index >= 15 is 0 Å². The molecule has 2 aliphatic rings. The van der Waals surface area contributed by atoms with Gasteiger partial charge in [0, 0.05) is 24.8 Å². The summed E-state index contributed by atoms with van der Waals surface area (Å²) in [7, 11) is 0. The third-order valence-corrected chi connectivity index (χ3v) is 5.43. The highest BCUT2D eigenvalue weighted by molar-refractivity contribution is 5.99. The van der Waals surface area contributed by atoms with Crippen molar-refractivity contribution in [1.29, 1.82) is 0 Å². The first kappa shape index (κ1) is 18.8. The van der Waals surface area contributed by atoms with Crippen LogP contribution < -0.4 is 15.0 Å².